The molecular formula is C11H21ClN-. The summed E-state index contributed by atoms with van der Waals surface area (Å²) in [5.41, 5.74) is 1.69. The molecule has 78 valence electrons. The summed E-state index contributed by atoms with van der Waals surface area (Å²) in [7, 11) is 0. The Morgan fingerprint density at radius 1 is 1.31 bits per heavy atom. The first-order valence-corrected chi connectivity index (χ1v) is 5.32. The lowest BCUT2D eigenvalue weighted by Gasteiger charge is -2.12. The Kier molecular flexibility index (Phi) is 8.58. The Morgan fingerprint density at radius 2 is 2.15 bits per heavy atom. The van der Waals surface area contributed by atoms with Crippen molar-refractivity contribution in [3.63, 3.8) is 0 Å². The van der Waals surface area contributed by atoms with Crippen molar-refractivity contribution >= 4 is 0 Å². The average molecular weight is 203 g/mol. The maximum Gasteiger partial charge on any atom is -0.00116 e. The zero-order valence-corrected chi connectivity index (χ0v) is 9.37. The van der Waals surface area contributed by atoms with Gasteiger partial charge in [-0.3, -0.25) is 0 Å². The van der Waals surface area contributed by atoms with Crippen LogP contribution in [0.2, 0.25) is 0 Å². The zero-order chi connectivity index (χ0) is 8.65. The highest BCUT2D eigenvalue weighted by Crippen LogP contribution is 2.19. The summed E-state index contributed by atoms with van der Waals surface area (Å²) in [4.78, 5) is 0. The van der Waals surface area contributed by atoms with Crippen LogP contribution in [0.1, 0.15) is 45.4 Å². The fourth-order valence-corrected chi connectivity index (χ4v) is 1.68. The number of allylic oxidation sites excluding steroid dienone is 1. The maximum atomic E-state index is 3.44. The lowest BCUT2D eigenvalue weighted by molar-refractivity contribution is -0.00000268. The summed E-state index contributed by atoms with van der Waals surface area (Å²) >= 11 is 0. The van der Waals surface area contributed by atoms with Crippen LogP contribution < -0.4 is 17.7 Å². The third kappa shape index (κ3) is 6.11. The Hall–Kier alpha value is -0.0100. The van der Waals surface area contributed by atoms with Gasteiger partial charge in [-0.05, 0) is 51.6 Å². The van der Waals surface area contributed by atoms with Crippen molar-refractivity contribution in [3.05, 3.63) is 11.6 Å². The van der Waals surface area contributed by atoms with Gasteiger partial charge in [0.2, 0.25) is 0 Å². The van der Waals surface area contributed by atoms with Gasteiger partial charge in [-0.1, -0.05) is 18.6 Å². The van der Waals surface area contributed by atoms with E-state index in [0.29, 0.717) is 0 Å². The van der Waals surface area contributed by atoms with Crippen LogP contribution in [0.15, 0.2) is 11.6 Å². The van der Waals surface area contributed by atoms with Gasteiger partial charge in [-0.2, -0.15) is 0 Å². The van der Waals surface area contributed by atoms with Gasteiger partial charge in [-0.25, -0.2) is 0 Å². The first-order valence-electron chi connectivity index (χ1n) is 5.32. The first kappa shape index (κ1) is 13.0. The second kappa shape index (κ2) is 8.58. The quantitative estimate of drug-likeness (QED) is 0.485. The van der Waals surface area contributed by atoms with Crippen LogP contribution in [0.25, 0.3) is 0 Å². The minimum atomic E-state index is 0. The third-order valence-electron chi connectivity index (χ3n) is 2.43. The molecule has 0 aromatic heterocycles. The molecule has 0 bridgehead atoms. The molecule has 0 spiro atoms. The molecule has 1 aliphatic carbocycles. The normalized spacial score (nSPS) is 16.2. The van der Waals surface area contributed by atoms with Crippen LogP contribution in [0.4, 0.5) is 0 Å². The minimum absolute atomic E-state index is 0. The molecule has 0 amide bonds. The lowest BCUT2D eigenvalue weighted by atomic mass is 9.97. The van der Waals surface area contributed by atoms with Crippen LogP contribution in [-0.2, 0) is 0 Å². The molecular weight excluding hydrogens is 182 g/mol. The summed E-state index contributed by atoms with van der Waals surface area (Å²) in [5.74, 6) is 0. The molecule has 1 nitrogen and oxygen atoms in total. The van der Waals surface area contributed by atoms with Gasteiger partial charge in [0.1, 0.15) is 0 Å². The number of hydrogen-bond donors (Lipinski definition) is 1. The largest absolute Gasteiger partial charge is 1.00 e. The molecule has 0 unspecified atom stereocenters. The van der Waals surface area contributed by atoms with Crippen molar-refractivity contribution in [1.82, 2.24) is 5.32 Å². The number of halogens is 1. The molecule has 1 N–H and O–H groups in total. The smallest absolute Gasteiger partial charge is 0.00116 e. The number of nitrogens with one attached hydrogen (secondary N) is 1. The molecule has 0 radical (unpaired) electrons. The zero-order valence-electron chi connectivity index (χ0n) is 8.61. The van der Waals surface area contributed by atoms with Crippen LogP contribution >= 0.6 is 0 Å². The van der Waals surface area contributed by atoms with E-state index in [2.05, 4.69) is 18.3 Å². The SMILES string of the molecule is CCCNCCC1=CCCCC1.[Cl-]. The van der Waals surface area contributed by atoms with Gasteiger partial charge in [0.15, 0.2) is 0 Å². The van der Waals surface area contributed by atoms with E-state index in [1.165, 1.54) is 51.6 Å². The highest BCUT2D eigenvalue weighted by molar-refractivity contribution is 5.04. The van der Waals surface area contributed by atoms with Gasteiger partial charge in [0.05, 0.1) is 0 Å². The third-order valence-corrected chi connectivity index (χ3v) is 2.43. The van der Waals surface area contributed by atoms with Gasteiger partial charge in [0.25, 0.3) is 0 Å². The Morgan fingerprint density at radius 3 is 2.77 bits per heavy atom. The Bertz CT molecular complexity index is 143. The second-order valence-corrected chi connectivity index (χ2v) is 3.61. The van der Waals surface area contributed by atoms with Gasteiger partial charge >= 0.3 is 0 Å². The van der Waals surface area contributed by atoms with Crippen molar-refractivity contribution < 1.29 is 12.4 Å². The predicted molar refractivity (Wildman–Crippen MR) is 54.3 cm³/mol. The summed E-state index contributed by atoms with van der Waals surface area (Å²) in [6, 6.07) is 0. The Labute approximate surface area is 88.4 Å². The molecule has 0 aromatic rings. The first-order chi connectivity index (χ1) is 5.93. The van der Waals surface area contributed by atoms with Crippen molar-refractivity contribution in [1.29, 1.82) is 0 Å². The average Bonchev–Trinajstić information content (AvgIpc) is 2.14. The van der Waals surface area contributed by atoms with Crippen LogP contribution in [-0.4, -0.2) is 13.1 Å². The van der Waals surface area contributed by atoms with Crippen molar-refractivity contribution in [2.45, 2.75) is 45.4 Å². The molecule has 2 heteroatoms. The summed E-state index contributed by atoms with van der Waals surface area (Å²) in [5, 5.41) is 3.44. The summed E-state index contributed by atoms with van der Waals surface area (Å²) < 4.78 is 0. The van der Waals surface area contributed by atoms with E-state index in [9.17, 15) is 0 Å². The summed E-state index contributed by atoms with van der Waals surface area (Å²) in [6.07, 6.45) is 10.5. The maximum absolute atomic E-state index is 3.44. The highest BCUT2D eigenvalue weighted by atomic mass is 35.5. The molecule has 0 atom stereocenters. The molecule has 1 aliphatic rings. The molecule has 0 aliphatic heterocycles. The van der Waals surface area contributed by atoms with E-state index in [1.54, 1.807) is 5.57 Å². The van der Waals surface area contributed by atoms with Gasteiger partial charge in [0, 0.05) is 0 Å². The van der Waals surface area contributed by atoms with Crippen LogP contribution in [0, 0.1) is 0 Å². The molecule has 0 heterocycles. The fourth-order valence-electron chi connectivity index (χ4n) is 1.68. The van der Waals surface area contributed by atoms with E-state index in [-0.39, 0.29) is 12.4 Å². The Balaban J connectivity index is 0.00000144. The summed E-state index contributed by atoms with van der Waals surface area (Å²) in [6.45, 7) is 4.57. The monoisotopic (exact) mass is 202 g/mol. The van der Waals surface area contributed by atoms with Gasteiger partial charge < -0.3 is 17.7 Å². The number of rotatable bonds is 5. The molecule has 0 aromatic carbocycles. The topological polar surface area (TPSA) is 12.0 Å². The highest BCUT2D eigenvalue weighted by Gasteiger charge is 2.01. The minimum Gasteiger partial charge on any atom is -1.00 e. The molecule has 0 saturated carbocycles. The van der Waals surface area contributed by atoms with Crippen molar-refractivity contribution in [3.8, 4) is 0 Å². The van der Waals surface area contributed by atoms with E-state index in [1.807, 2.05) is 0 Å². The predicted octanol–water partition coefficient (Wildman–Crippen LogP) is -0.119. The van der Waals surface area contributed by atoms with Crippen LogP contribution in [0.5, 0.6) is 0 Å². The molecule has 0 saturated heterocycles. The standard InChI is InChI=1S/C11H21N.ClH/c1-2-9-12-10-8-11-6-4-3-5-7-11;/h6,12H,2-5,7-10H2,1H3;1H/p-1. The van der Waals surface area contributed by atoms with E-state index < -0.39 is 0 Å². The number of hydrogen-bond acceptors (Lipinski definition) is 1. The van der Waals surface area contributed by atoms with Crippen LogP contribution in [0.3, 0.4) is 0 Å². The second-order valence-electron chi connectivity index (χ2n) is 3.61. The van der Waals surface area contributed by atoms with E-state index >= 15 is 0 Å². The molecule has 0 fully saturated rings. The lowest BCUT2D eigenvalue weighted by Crippen LogP contribution is -3.00. The van der Waals surface area contributed by atoms with Gasteiger partial charge in [-0.15, -0.1) is 0 Å². The van der Waals surface area contributed by atoms with Crippen molar-refractivity contribution in [2.24, 2.45) is 0 Å². The molecule has 13 heavy (non-hydrogen) atoms. The molecule has 1 rings (SSSR count). The van der Waals surface area contributed by atoms with E-state index in [0.717, 1.165) is 0 Å². The van der Waals surface area contributed by atoms with Crippen molar-refractivity contribution in [2.75, 3.05) is 13.1 Å². The fraction of sp³-hybridized carbons (Fsp3) is 0.818. The van der Waals surface area contributed by atoms with E-state index in [4.69, 9.17) is 0 Å².